The van der Waals surface area contributed by atoms with Crippen molar-refractivity contribution in [1.82, 2.24) is 10.3 Å². The molecule has 1 rings (SSSR count). The summed E-state index contributed by atoms with van der Waals surface area (Å²) >= 11 is 0. The van der Waals surface area contributed by atoms with E-state index in [0.717, 1.165) is 24.5 Å². The Hall–Kier alpha value is -1.09. The molecule has 1 aromatic rings. The number of aromatic nitrogens is 1. The Balaban J connectivity index is 2.34. The van der Waals surface area contributed by atoms with Crippen LogP contribution in [0, 0.1) is 18.3 Å². The van der Waals surface area contributed by atoms with Crippen LogP contribution >= 0.6 is 0 Å². The third-order valence-corrected chi connectivity index (χ3v) is 2.67. The highest BCUT2D eigenvalue weighted by molar-refractivity contribution is 5.19. The lowest BCUT2D eigenvalue weighted by atomic mass is 9.94. The topological polar surface area (TPSA) is 34.1 Å². The van der Waals surface area contributed by atoms with Gasteiger partial charge < -0.3 is 10.1 Å². The van der Waals surface area contributed by atoms with Gasteiger partial charge in [0.05, 0.1) is 12.8 Å². The molecule has 3 heteroatoms. The first kappa shape index (κ1) is 15.0. The Morgan fingerprint density at radius 1 is 1.33 bits per heavy atom. The van der Waals surface area contributed by atoms with Crippen molar-refractivity contribution < 1.29 is 4.74 Å². The number of nitrogens with one attached hydrogen (secondary N) is 1. The van der Waals surface area contributed by atoms with E-state index in [9.17, 15) is 0 Å². The third-order valence-electron chi connectivity index (χ3n) is 2.67. The van der Waals surface area contributed by atoms with Crippen molar-refractivity contribution in [2.24, 2.45) is 11.3 Å². The smallest absolute Gasteiger partial charge is 0.137 e. The van der Waals surface area contributed by atoms with E-state index in [1.54, 1.807) is 6.20 Å². The van der Waals surface area contributed by atoms with Gasteiger partial charge in [0.1, 0.15) is 5.75 Å². The fourth-order valence-corrected chi connectivity index (χ4v) is 1.57. The Morgan fingerprint density at radius 3 is 2.61 bits per heavy atom. The molecule has 0 aromatic carbocycles. The Kier molecular flexibility index (Phi) is 5.60. The highest BCUT2D eigenvalue weighted by Gasteiger charge is 2.18. The summed E-state index contributed by atoms with van der Waals surface area (Å²) in [5, 5.41) is 3.47. The number of nitrogens with zero attached hydrogens (tertiary/aromatic N) is 1. The zero-order valence-electron chi connectivity index (χ0n) is 12.3. The predicted molar refractivity (Wildman–Crippen MR) is 76.0 cm³/mol. The fraction of sp³-hybridized carbons (Fsp3) is 0.667. The second-order valence-corrected chi connectivity index (χ2v) is 6.11. The molecule has 0 bridgehead atoms. The molecule has 0 saturated heterocycles. The van der Waals surface area contributed by atoms with Crippen molar-refractivity contribution in [2.45, 2.75) is 34.6 Å². The summed E-state index contributed by atoms with van der Waals surface area (Å²) in [7, 11) is 0. The fourth-order valence-electron chi connectivity index (χ4n) is 1.57. The number of ether oxygens (including phenoxy) is 1. The Labute approximate surface area is 111 Å². The van der Waals surface area contributed by atoms with Crippen molar-refractivity contribution in [2.75, 3.05) is 19.7 Å². The van der Waals surface area contributed by atoms with Gasteiger partial charge in [0.2, 0.25) is 0 Å². The Morgan fingerprint density at radius 2 is 2.06 bits per heavy atom. The van der Waals surface area contributed by atoms with Crippen LogP contribution in [0.2, 0.25) is 0 Å². The zero-order valence-corrected chi connectivity index (χ0v) is 12.3. The van der Waals surface area contributed by atoms with Crippen LogP contribution in [0.1, 0.15) is 33.4 Å². The largest absolute Gasteiger partial charge is 0.491 e. The summed E-state index contributed by atoms with van der Waals surface area (Å²) < 4.78 is 5.78. The molecule has 0 unspecified atom stereocenters. The summed E-state index contributed by atoms with van der Waals surface area (Å²) in [6.45, 7) is 13.5. The summed E-state index contributed by atoms with van der Waals surface area (Å²) in [5.41, 5.74) is 1.14. The molecule has 3 nitrogen and oxygen atoms in total. The molecule has 18 heavy (non-hydrogen) atoms. The maximum atomic E-state index is 5.78. The first-order valence-corrected chi connectivity index (χ1v) is 6.65. The molecule has 102 valence electrons. The van der Waals surface area contributed by atoms with Crippen LogP contribution in [0.5, 0.6) is 5.75 Å². The van der Waals surface area contributed by atoms with Gasteiger partial charge in [-0.1, -0.05) is 27.7 Å². The van der Waals surface area contributed by atoms with Gasteiger partial charge in [-0.25, -0.2) is 0 Å². The van der Waals surface area contributed by atoms with Gasteiger partial charge in [0.15, 0.2) is 0 Å². The van der Waals surface area contributed by atoms with Crippen molar-refractivity contribution in [3.8, 4) is 5.75 Å². The maximum absolute atomic E-state index is 5.78. The number of aryl methyl sites for hydroxylation is 1. The number of hydrogen-bond donors (Lipinski definition) is 1. The minimum absolute atomic E-state index is 0.125. The molecule has 0 aliphatic carbocycles. The molecule has 0 amide bonds. The second-order valence-electron chi connectivity index (χ2n) is 6.11. The van der Waals surface area contributed by atoms with Crippen LogP contribution in [0.15, 0.2) is 18.3 Å². The molecule has 0 spiro atoms. The van der Waals surface area contributed by atoms with Crippen LogP contribution in [0.4, 0.5) is 0 Å². The molecule has 1 heterocycles. The van der Waals surface area contributed by atoms with Crippen molar-refractivity contribution in [3.05, 3.63) is 24.0 Å². The van der Waals surface area contributed by atoms with E-state index in [2.05, 4.69) is 38.0 Å². The molecule has 1 aromatic heterocycles. The Bertz CT molecular complexity index is 344. The predicted octanol–water partition coefficient (Wildman–Crippen LogP) is 3.04. The van der Waals surface area contributed by atoms with Gasteiger partial charge in [-0.15, -0.1) is 0 Å². The lowest BCUT2D eigenvalue weighted by molar-refractivity contribution is 0.174. The highest BCUT2D eigenvalue weighted by atomic mass is 16.5. The number of rotatable bonds is 7. The van der Waals surface area contributed by atoms with Crippen molar-refractivity contribution >= 4 is 0 Å². The van der Waals surface area contributed by atoms with Crippen LogP contribution in [0.3, 0.4) is 0 Å². The maximum Gasteiger partial charge on any atom is 0.137 e. The summed E-state index contributed by atoms with van der Waals surface area (Å²) in [6, 6.07) is 3.94. The molecule has 0 aliphatic rings. The monoisotopic (exact) mass is 250 g/mol. The van der Waals surface area contributed by atoms with E-state index in [1.165, 1.54) is 0 Å². The van der Waals surface area contributed by atoms with E-state index in [0.29, 0.717) is 12.5 Å². The van der Waals surface area contributed by atoms with E-state index in [4.69, 9.17) is 4.74 Å². The van der Waals surface area contributed by atoms with Crippen LogP contribution < -0.4 is 10.1 Å². The van der Waals surface area contributed by atoms with Crippen LogP contribution in [-0.2, 0) is 0 Å². The van der Waals surface area contributed by atoms with Crippen LogP contribution in [-0.4, -0.2) is 24.7 Å². The average molecular weight is 250 g/mol. The van der Waals surface area contributed by atoms with E-state index >= 15 is 0 Å². The summed E-state index contributed by atoms with van der Waals surface area (Å²) in [6.07, 6.45) is 1.78. The molecule has 0 fully saturated rings. The zero-order chi connectivity index (χ0) is 13.6. The first-order valence-electron chi connectivity index (χ1n) is 6.65. The van der Waals surface area contributed by atoms with Gasteiger partial charge in [-0.3, -0.25) is 4.98 Å². The molecule has 0 saturated carbocycles. The molecule has 0 radical (unpaired) electrons. The van der Waals surface area contributed by atoms with Gasteiger partial charge >= 0.3 is 0 Å². The van der Waals surface area contributed by atoms with Crippen LogP contribution in [0.25, 0.3) is 0 Å². The van der Waals surface area contributed by atoms with Gasteiger partial charge in [0, 0.05) is 17.7 Å². The van der Waals surface area contributed by atoms with E-state index in [-0.39, 0.29) is 5.41 Å². The second kappa shape index (κ2) is 6.74. The quantitative estimate of drug-likeness (QED) is 0.807. The van der Waals surface area contributed by atoms with Gasteiger partial charge in [-0.05, 0) is 31.5 Å². The minimum Gasteiger partial charge on any atom is -0.491 e. The standard InChI is InChI=1S/C15H26N2O/c1-12(2)8-16-10-15(4,5)11-18-14-7-6-13(3)17-9-14/h6-7,9,12,16H,8,10-11H2,1-5H3. The lowest BCUT2D eigenvalue weighted by Crippen LogP contribution is -2.35. The van der Waals surface area contributed by atoms with Gasteiger partial charge in [-0.2, -0.15) is 0 Å². The average Bonchev–Trinajstić information content (AvgIpc) is 2.27. The lowest BCUT2D eigenvalue weighted by Gasteiger charge is -2.25. The molecular formula is C15H26N2O. The first-order chi connectivity index (χ1) is 8.39. The number of hydrogen-bond acceptors (Lipinski definition) is 3. The molecule has 1 N–H and O–H groups in total. The molecular weight excluding hydrogens is 224 g/mol. The molecule has 0 atom stereocenters. The SMILES string of the molecule is Cc1ccc(OCC(C)(C)CNCC(C)C)cn1. The summed E-state index contributed by atoms with van der Waals surface area (Å²) in [4.78, 5) is 4.22. The summed E-state index contributed by atoms with van der Waals surface area (Å²) in [5.74, 6) is 1.53. The van der Waals surface area contributed by atoms with E-state index < -0.39 is 0 Å². The highest BCUT2D eigenvalue weighted by Crippen LogP contribution is 2.17. The minimum atomic E-state index is 0.125. The number of pyridine rings is 1. The molecule has 0 aliphatic heterocycles. The normalized spacial score (nSPS) is 11.9. The van der Waals surface area contributed by atoms with Crippen molar-refractivity contribution in [1.29, 1.82) is 0 Å². The van der Waals surface area contributed by atoms with Gasteiger partial charge in [0.25, 0.3) is 0 Å². The van der Waals surface area contributed by atoms with Crippen molar-refractivity contribution in [3.63, 3.8) is 0 Å². The third kappa shape index (κ3) is 6.01. The van der Waals surface area contributed by atoms with E-state index in [1.807, 2.05) is 19.1 Å².